The third kappa shape index (κ3) is 3.28. The van der Waals surface area contributed by atoms with E-state index in [4.69, 9.17) is 0 Å². The number of carboxylic acids is 1. The highest BCUT2D eigenvalue weighted by atomic mass is 79.9. The van der Waals surface area contributed by atoms with Crippen molar-refractivity contribution in [1.29, 1.82) is 0 Å². The topological polar surface area (TPSA) is 52.6 Å². The van der Waals surface area contributed by atoms with Gasteiger partial charge in [0.2, 0.25) is 0 Å². The molecule has 5 heteroatoms. The maximum atomic E-state index is 11.3. The van der Waals surface area contributed by atoms with Crippen LogP contribution in [0.5, 0.6) is 0 Å². The molecule has 0 aliphatic carbocycles. The van der Waals surface area contributed by atoms with Crippen LogP contribution in [-0.2, 0) is 0 Å². The van der Waals surface area contributed by atoms with Gasteiger partial charge in [0.1, 0.15) is 0 Å². The highest BCUT2D eigenvalue weighted by Crippen LogP contribution is 2.25. The summed E-state index contributed by atoms with van der Waals surface area (Å²) in [6.45, 7) is 5.16. The lowest BCUT2D eigenvalue weighted by atomic mass is 10.1. The minimum Gasteiger partial charge on any atom is -0.478 e. The van der Waals surface area contributed by atoms with Crippen molar-refractivity contribution in [1.82, 2.24) is 4.90 Å². The Hall–Kier alpha value is -1.07. The minimum absolute atomic E-state index is 0.309. The van der Waals surface area contributed by atoms with Gasteiger partial charge in [0.15, 0.2) is 0 Å². The molecule has 1 saturated heterocycles. The van der Waals surface area contributed by atoms with Gasteiger partial charge in [-0.1, -0.05) is 13.0 Å². The Bertz CT molecular complexity index is 465. The summed E-state index contributed by atoms with van der Waals surface area (Å²) in [6.07, 6.45) is 2.40. The number of likely N-dealkylation sites (tertiary alicyclic amines) is 1. The molecule has 19 heavy (non-hydrogen) atoms. The molecule has 0 bridgehead atoms. The summed E-state index contributed by atoms with van der Waals surface area (Å²) in [6, 6.07) is 5.93. The fourth-order valence-electron chi connectivity index (χ4n) is 2.66. The molecule has 2 rings (SSSR count). The van der Waals surface area contributed by atoms with Gasteiger partial charge in [-0.3, -0.25) is 4.90 Å². The molecule has 1 fully saturated rings. The first kappa shape index (κ1) is 14.3. The monoisotopic (exact) mass is 326 g/mol. The van der Waals surface area contributed by atoms with Crippen molar-refractivity contribution in [2.45, 2.75) is 25.8 Å². The lowest BCUT2D eigenvalue weighted by Crippen LogP contribution is -2.34. The Kier molecular flexibility index (Phi) is 4.82. The molecule has 2 N–H and O–H groups in total. The summed E-state index contributed by atoms with van der Waals surface area (Å²) < 4.78 is 0.615. The fourth-order valence-corrected chi connectivity index (χ4v) is 3.19. The number of rotatable bonds is 5. The van der Waals surface area contributed by atoms with Crippen LogP contribution in [0.15, 0.2) is 22.7 Å². The van der Waals surface area contributed by atoms with Gasteiger partial charge in [-0.25, -0.2) is 4.79 Å². The van der Waals surface area contributed by atoms with Crippen molar-refractivity contribution in [3.8, 4) is 0 Å². The van der Waals surface area contributed by atoms with E-state index in [1.54, 1.807) is 6.07 Å². The molecule has 1 aromatic rings. The second-order valence-electron chi connectivity index (χ2n) is 4.77. The molecule has 0 radical (unpaired) electrons. The molecule has 0 amide bonds. The smallest absolute Gasteiger partial charge is 0.338 e. The van der Waals surface area contributed by atoms with Crippen molar-refractivity contribution in [2.24, 2.45) is 0 Å². The summed E-state index contributed by atoms with van der Waals surface area (Å²) in [4.78, 5) is 13.7. The summed E-state index contributed by atoms with van der Waals surface area (Å²) in [5.41, 5.74) is 0.994. The average Bonchev–Trinajstić information content (AvgIpc) is 2.83. The van der Waals surface area contributed by atoms with E-state index in [2.05, 4.69) is 33.1 Å². The number of hydrogen-bond acceptors (Lipinski definition) is 3. The van der Waals surface area contributed by atoms with Crippen LogP contribution in [0.4, 0.5) is 5.69 Å². The lowest BCUT2D eigenvalue weighted by Gasteiger charge is -2.23. The fraction of sp³-hybridized carbons (Fsp3) is 0.500. The van der Waals surface area contributed by atoms with Crippen molar-refractivity contribution in [3.05, 3.63) is 28.2 Å². The second kappa shape index (κ2) is 6.39. The maximum absolute atomic E-state index is 11.3. The van der Waals surface area contributed by atoms with Crippen LogP contribution in [0.2, 0.25) is 0 Å². The summed E-state index contributed by atoms with van der Waals surface area (Å²) in [5, 5.41) is 12.5. The summed E-state index contributed by atoms with van der Waals surface area (Å²) in [7, 11) is 0. The molecule has 0 aromatic heterocycles. The Balaban J connectivity index is 2.07. The van der Waals surface area contributed by atoms with Gasteiger partial charge < -0.3 is 10.4 Å². The molecule has 1 aliphatic heterocycles. The van der Waals surface area contributed by atoms with Crippen molar-refractivity contribution in [3.63, 3.8) is 0 Å². The normalized spacial score (nSPS) is 19.6. The molecule has 1 heterocycles. The van der Waals surface area contributed by atoms with Crippen molar-refractivity contribution in [2.75, 3.05) is 25.0 Å². The van der Waals surface area contributed by atoms with Crippen molar-refractivity contribution < 1.29 is 9.90 Å². The van der Waals surface area contributed by atoms with Crippen LogP contribution in [0.1, 0.15) is 30.1 Å². The largest absolute Gasteiger partial charge is 0.478 e. The zero-order chi connectivity index (χ0) is 13.8. The molecular weight excluding hydrogens is 308 g/mol. The molecule has 0 spiro atoms. The Morgan fingerprint density at radius 2 is 2.37 bits per heavy atom. The summed E-state index contributed by atoms with van der Waals surface area (Å²) >= 11 is 3.30. The molecule has 1 atom stereocenters. The van der Waals surface area contributed by atoms with Crippen LogP contribution < -0.4 is 5.32 Å². The number of nitrogens with one attached hydrogen (secondary N) is 1. The Morgan fingerprint density at radius 1 is 1.58 bits per heavy atom. The van der Waals surface area contributed by atoms with E-state index in [9.17, 15) is 9.90 Å². The zero-order valence-electron chi connectivity index (χ0n) is 11.0. The first-order valence-electron chi connectivity index (χ1n) is 6.63. The highest BCUT2D eigenvalue weighted by molar-refractivity contribution is 9.10. The van der Waals surface area contributed by atoms with E-state index < -0.39 is 5.97 Å². The number of anilines is 1. The van der Waals surface area contributed by atoms with Crippen LogP contribution in [-0.4, -0.2) is 41.7 Å². The number of halogens is 1. The van der Waals surface area contributed by atoms with Gasteiger partial charge in [0.05, 0.1) is 5.56 Å². The standard InChI is InChI=1S/C14H19BrN2O2/c1-2-17-8-4-5-10(17)9-16-12-7-3-6-11(15)13(12)14(18)19/h3,6-7,10,16H,2,4-5,8-9H2,1H3,(H,18,19). The molecule has 4 nitrogen and oxygen atoms in total. The van der Waals surface area contributed by atoms with E-state index in [-0.39, 0.29) is 0 Å². The van der Waals surface area contributed by atoms with Crippen molar-refractivity contribution >= 4 is 27.6 Å². The van der Waals surface area contributed by atoms with E-state index in [0.29, 0.717) is 21.8 Å². The number of benzene rings is 1. The first-order valence-corrected chi connectivity index (χ1v) is 7.42. The van der Waals surface area contributed by atoms with Crippen LogP contribution in [0.25, 0.3) is 0 Å². The molecule has 0 saturated carbocycles. The third-order valence-corrected chi connectivity index (χ3v) is 4.32. The predicted molar refractivity (Wildman–Crippen MR) is 79.9 cm³/mol. The SMILES string of the molecule is CCN1CCCC1CNc1cccc(Br)c1C(=O)O. The van der Waals surface area contributed by atoms with Gasteiger partial charge in [0, 0.05) is 22.7 Å². The molecule has 1 unspecified atom stereocenters. The minimum atomic E-state index is -0.909. The number of aromatic carboxylic acids is 1. The predicted octanol–water partition coefficient (Wildman–Crippen LogP) is 3.04. The van der Waals surface area contributed by atoms with E-state index in [1.165, 1.54) is 12.8 Å². The Labute approximate surface area is 121 Å². The lowest BCUT2D eigenvalue weighted by molar-refractivity contribution is 0.0697. The van der Waals surface area contributed by atoms with E-state index >= 15 is 0 Å². The molecule has 1 aromatic carbocycles. The number of likely N-dealkylation sites (N-methyl/N-ethyl adjacent to an activating group) is 1. The zero-order valence-corrected chi connectivity index (χ0v) is 12.6. The molecule has 1 aliphatic rings. The highest BCUT2D eigenvalue weighted by Gasteiger charge is 2.23. The van der Waals surface area contributed by atoms with Gasteiger partial charge in [-0.15, -0.1) is 0 Å². The van der Waals surface area contributed by atoms with Crippen LogP contribution in [0.3, 0.4) is 0 Å². The van der Waals surface area contributed by atoms with Crippen LogP contribution in [0, 0.1) is 0 Å². The van der Waals surface area contributed by atoms with Gasteiger partial charge in [-0.05, 0) is 54.0 Å². The second-order valence-corrected chi connectivity index (χ2v) is 5.63. The van der Waals surface area contributed by atoms with E-state index in [0.717, 1.165) is 19.6 Å². The van der Waals surface area contributed by atoms with Crippen LogP contribution >= 0.6 is 15.9 Å². The number of carboxylic acid groups (broad SMARTS) is 1. The quantitative estimate of drug-likeness (QED) is 0.873. The Morgan fingerprint density at radius 3 is 3.05 bits per heavy atom. The number of carbonyl (C=O) groups is 1. The first-order chi connectivity index (χ1) is 9.13. The molecular formula is C14H19BrN2O2. The third-order valence-electron chi connectivity index (χ3n) is 3.66. The number of nitrogens with zero attached hydrogens (tertiary/aromatic N) is 1. The van der Waals surface area contributed by atoms with Gasteiger partial charge >= 0.3 is 5.97 Å². The maximum Gasteiger partial charge on any atom is 0.338 e. The van der Waals surface area contributed by atoms with Gasteiger partial charge in [0.25, 0.3) is 0 Å². The summed E-state index contributed by atoms with van der Waals surface area (Å²) in [5.74, 6) is -0.909. The number of hydrogen-bond donors (Lipinski definition) is 2. The van der Waals surface area contributed by atoms with Gasteiger partial charge in [-0.2, -0.15) is 0 Å². The van der Waals surface area contributed by atoms with E-state index in [1.807, 2.05) is 12.1 Å². The average molecular weight is 327 g/mol. The molecule has 104 valence electrons.